The van der Waals surface area contributed by atoms with Crippen molar-refractivity contribution in [3.63, 3.8) is 0 Å². The fraction of sp³-hybridized carbons (Fsp3) is 0.320. The molecule has 1 fully saturated rings. The van der Waals surface area contributed by atoms with Crippen molar-refractivity contribution in [3.8, 4) is 0 Å². The summed E-state index contributed by atoms with van der Waals surface area (Å²) in [6, 6.07) is 21.0. The van der Waals surface area contributed by atoms with E-state index in [9.17, 15) is 9.59 Å². The third-order valence-electron chi connectivity index (χ3n) is 3.36. The maximum atomic E-state index is 11.8. The number of benzene rings is 2. The van der Waals surface area contributed by atoms with Gasteiger partial charge in [-0.1, -0.05) is 45.9 Å². The number of urea groups is 1. The SMILES string of the molecule is CC.CC.O=C(NC(=O)N1CC[CH-]CC1)c1ccccc1.[CH3-].[CH3-].[U].[V].[W].[Y].[c-]1ccccc1. The van der Waals surface area contributed by atoms with Gasteiger partial charge in [-0.25, -0.2) is 4.79 Å². The standard InChI is InChI=1S/C13H15N2O2.C6H5.2C2H6.2CH3.U.V.W.Y/c16-12(11-7-3-1-4-8-11)14-13(17)15-9-5-2-6-10-15;1-2-4-6-5-3-1;2*1-2;;;;;;/h1-4,7-8H,5-6,9-10H2,(H,14,16,17);1-5H;2*1-2H3;2*1H3;;;;/q2*-1;;;2*-1;;;;. The third-order valence-corrected chi connectivity index (χ3v) is 3.36. The Bertz CT molecular complexity index is 594. The molecule has 2 aromatic rings. The molecule has 0 aromatic heterocycles. The maximum Gasteiger partial charge on any atom is 0.324 e. The van der Waals surface area contributed by atoms with E-state index in [0.29, 0.717) is 18.7 Å². The van der Waals surface area contributed by atoms with E-state index < -0.39 is 0 Å². The molecule has 8 heteroatoms. The Balaban J connectivity index is -0.0000000734. The number of hydrogen-bond donors (Lipinski definition) is 1. The van der Waals surface area contributed by atoms with Crippen molar-refractivity contribution in [1.29, 1.82) is 0 Å². The minimum atomic E-state index is -0.342. The number of piperidine rings is 1. The number of carbonyl (C=O) groups is 2. The van der Waals surface area contributed by atoms with Crippen LogP contribution >= 0.6 is 0 Å². The Kier molecular flexibility index (Phi) is 57.3. The quantitative estimate of drug-likeness (QED) is 0.344. The Morgan fingerprint density at radius 3 is 1.67 bits per heavy atom. The molecule has 0 unspecified atom stereocenters. The molecule has 1 aliphatic rings. The number of nitrogens with zero attached hydrogens (tertiary/aromatic N) is 1. The summed E-state index contributed by atoms with van der Waals surface area (Å²) in [7, 11) is 0. The van der Waals surface area contributed by atoms with Crippen LogP contribution in [0.1, 0.15) is 50.9 Å². The number of amides is 3. The summed E-state index contributed by atoms with van der Waals surface area (Å²) in [5.41, 5.74) is 0.504. The van der Waals surface area contributed by atoms with Gasteiger partial charge < -0.3 is 26.2 Å². The van der Waals surface area contributed by atoms with E-state index in [2.05, 4.69) is 17.8 Å². The maximum absolute atomic E-state index is 11.8. The average molecular weight is 960 g/mol. The second-order valence-corrected chi connectivity index (χ2v) is 5.06. The van der Waals surface area contributed by atoms with Crippen LogP contribution in [0.4, 0.5) is 4.79 Å². The molecule has 2 aromatic carbocycles. The fourth-order valence-corrected chi connectivity index (χ4v) is 2.13. The van der Waals surface area contributed by atoms with E-state index in [-0.39, 0.29) is 130 Å². The zero-order valence-electron chi connectivity index (χ0n) is 20.9. The Hall–Kier alpha value is 0.809. The molecular weight excluding hydrogens is 922 g/mol. The zero-order chi connectivity index (χ0) is 20.3. The van der Waals surface area contributed by atoms with Crippen LogP contribution in [0.5, 0.6) is 0 Å². The molecule has 0 atom stereocenters. The van der Waals surface area contributed by atoms with Gasteiger partial charge in [0.25, 0.3) is 5.91 Å². The van der Waals surface area contributed by atoms with E-state index >= 15 is 0 Å². The Labute approximate surface area is 279 Å². The Morgan fingerprint density at radius 1 is 0.879 bits per heavy atom. The first-order valence-electron chi connectivity index (χ1n) is 9.65. The van der Waals surface area contributed by atoms with Crippen LogP contribution in [0.2, 0.25) is 0 Å². The molecular formula is C25H38N2O2UVWY-4. The first-order chi connectivity index (χ1) is 13.3. The molecule has 1 N–H and O–H groups in total. The van der Waals surface area contributed by atoms with Crippen LogP contribution in [0.3, 0.4) is 0 Å². The van der Waals surface area contributed by atoms with Gasteiger partial charge in [-0.05, 0) is 25.2 Å². The van der Waals surface area contributed by atoms with Crippen molar-refractivity contribution in [2.75, 3.05) is 13.1 Å². The topological polar surface area (TPSA) is 49.4 Å². The van der Waals surface area contributed by atoms with Gasteiger partial charge >= 0.3 is 6.03 Å². The summed E-state index contributed by atoms with van der Waals surface area (Å²) in [6.45, 7) is 9.38. The average Bonchev–Trinajstić information content (AvgIpc) is 2.79. The first kappa shape index (κ1) is 50.6. The molecule has 4 nitrogen and oxygen atoms in total. The number of rotatable bonds is 1. The van der Waals surface area contributed by atoms with Gasteiger partial charge in [0.2, 0.25) is 0 Å². The number of carbonyl (C=O) groups excluding carboxylic acids is 2. The molecule has 3 amide bonds. The van der Waals surface area contributed by atoms with Crippen molar-refractivity contribution in [1.82, 2.24) is 10.2 Å². The number of hydrogen-bond acceptors (Lipinski definition) is 2. The van der Waals surface area contributed by atoms with Gasteiger partial charge in [-0.3, -0.25) is 10.1 Å². The van der Waals surface area contributed by atoms with E-state index in [1.807, 2.05) is 64.1 Å². The molecule has 2 radical (unpaired) electrons. The molecule has 0 aliphatic carbocycles. The van der Waals surface area contributed by atoms with Crippen molar-refractivity contribution in [2.45, 2.75) is 40.5 Å². The summed E-state index contributed by atoms with van der Waals surface area (Å²) in [6.07, 6.45) is 3.95. The smallest absolute Gasteiger partial charge is 0.324 e. The van der Waals surface area contributed by atoms with E-state index in [1.54, 1.807) is 29.2 Å². The van der Waals surface area contributed by atoms with Gasteiger partial charge in [0.15, 0.2) is 0 Å². The normalized spacial score (nSPS) is 9.76. The molecule has 0 bridgehead atoms. The van der Waals surface area contributed by atoms with Crippen LogP contribution < -0.4 is 5.32 Å². The summed E-state index contributed by atoms with van der Waals surface area (Å²) in [5, 5.41) is 2.40. The molecule has 1 aliphatic heterocycles. The molecule has 33 heavy (non-hydrogen) atoms. The third kappa shape index (κ3) is 25.7. The largest absolute Gasteiger partial charge is 0.358 e. The summed E-state index contributed by atoms with van der Waals surface area (Å²) in [5.74, 6) is -0.342. The molecule has 1 saturated heterocycles. The fourth-order valence-electron chi connectivity index (χ4n) is 2.13. The summed E-state index contributed by atoms with van der Waals surface area (Å²) < 4.78 is 0. The monoisotopic (exact) mass is 960 g/mol. The van der Waals surface area contributed by atoms with Gasteiger partial charge in [0, 0.05) is 109 Å². The summed E-state index contributed by atoms with van der Waals surface area (Å²) in [4.78, 5) is 25.2. The number of imide groups is 1. The van der Waals surface area contributed by atoms with E-state index in [1.165, 1.54) is 0 Å². The predicted octanol–water partition coefficient (Wildman–Crippen LogP) is 6.27. The minimum absolute atomic E-state index is 0. The van der Waals surface area contributed by atoms with E-state index in [0.717, 1.165) is 12.8 Å². The summed E-state index contributed by atoms with van der Waals surface area (Å²) >= 11 is 0. The van der Waals surface area contributed by atoms with Crippen LogP contribution in [0.25, 0.3) is 0 Å². The second kappa shape index (κ2) is 37.4. The van der Waals surface area contributed by atoms with E-state index in [4.69, 9.17) is 0 Å². The number of likely N-dealkylation sites (tertiary alicyclic amines) is 1. The minimum Gasteiger partial charge on any atom is -0.358 e. The van der Waals surface area contributed by atoms with Crippen molar-refractivity contribution >= 4 is 11.9 Å². The second-order valence-electron chi connectivity index (χ2n) is 5.06. The van der Waals surface area contributed by atoms with Crippen LogP contribution in [-0.4, -0.2) is 29.9 Å². The van der Waals surface area contributed by atoms with Gasteiger partial charge in [-0.2, -0.15) is 49.2 Å². The van der Waals surface area contributed by atoms with Crippen molar-refractivity contribution in [2.24, 2.45) is 0 Å². The first-order valence-corrected chi connectivity index (χ1v) is 9.65. The van der Waals surface area contributed by atoms with Crippen LogP contribution in [0, 0.1) is 58.5 Å². The van der Waals surface area contributed by atoms with Crippen LogP contribution in [0.15, 0.2) is 60.7 Å². The Morgan fingerprint density at radius 2 is 1.30 bits per heavy atom. The van der Waals surface area contributed by atoms with Crippen LogP contribution in [-0.2, 0) is 72.3 Å². The molecule has 0 saturated carbocycles. The number of nitrogens with one attached hydrogen (secondary N) is 1. The van der Waals surface area contributed by atoms with Crippen molar-refractivity contribution < 1.29 is 113 Å². The van der Waals surface area contributed by atoms with Gasteiger partial charge in [0.05, 0.1) is 0 Å². The van der Waals surface area contributed by atoms with Crippen molar-refractivity contribution in [3.05, 3.63) is 93.6 Å². The molecule has 182 valence electrons. The molecule has 1 heterocycles. The molecule has 0 spiro atoms. The van der Waals surface area contributed by atoms with Gasteiger partial charge in [0.1, 0.15) is 0 Å². The zero-order valence-corrected chi connectivity index (χ0v) is 32.2. The molecule has 3 rings (SSSR count). The van der Waals surface area contributed by atoms with Gasteiger partial charge in [-0.15, -0.1) is 0 Å². The predicted molar refractivity (Wildman–Crippen MR) is 125 cm³/mol.